The maximum Gasteiger partial charge on any atom is 0.224 e. The van der Waals surface area contributed by atoms with Crippen LogP contribution in [0, 0.1) is 6.92 Å². The Bertz CT molecular complexity index is 715. The lowest BCUT2D eigenvalue weighted by molar-refractivity contribution is -0.121. The maximum absolute atomic E-state index is 12.0. The molecule has 0 bridgehead atoms. The lowest BCUT2D eigenvalue weighted by atomic mass is 10.00. The molecule has 3 rings (SSSR count). The van der Waals surface area contributed by atoms with Crippen molar-refractivity contribution in [3.8, 4) is 0 Å². The second kappa shape index (κ2) is 8.23. The number of hydrogen-bond donors (Lipinski definition) is 2. The molecule has 25 heavy (non-hydrogen) atoms. The Labute approximate surface area is 148 Å². The molecule has 0 aliphatic carbocycles. The zero-order valence-corrected chi connectivity index (χ0v) is 14.6. The SMILES string of the molecule is Cc1ccc(CC(=O)NCC(O)CN2CCc3ccccc3C2)cn1. The van der Waals surface area contributed by atoms with Crippen LogP contribution in [-0.4, -0.2) is 46.6 Å². The van der Waals surface area contributed by atoms with Gasteiger partial charge in [0, 0.05) is 38.1 Å². The minimum absolute atomic E-state index is 0.0892. The van der Waals surface area contributed by atoms with E-state index in [0.29, 0.717) is 6.54 Å². The summed E-state index contributed by atoms with van der Waals surface area (Å²) < 4.78 is 0. The zero-order valence-electron chi connectivity index (χ0n) is 14.6. The Morgan fingerprint density at radius 2 is 2.08 bits per heavy atom. The van der Waals surface area contributed by atoms with E-state index in [-0.39, 0.29) is 18.9 Å². The first-order chi connectivity index (χ1) is 12.1. The van der Waals surface area contributed by atoms with Crippen LogP contribution in [0.5, 0.6) is 0 Å². The predicted molar refractivity (Wildman–Crippen MR) is 97.1 cm³/mol. The Kier molecular flexibility index (Phi) is 5.79. The molecule has 0 fully saturated rings. The van der Waals surface area contributed by atoms with Crippen LogP contribution in [0.3, 0.4) is 0 Å². The van der Waals surface area contributed by atoms with Crippen molar-refractivity contribution >= 4 is 5.91 Å². The summed E-state index contributed by atoms with van der Waals surface area (Å²) in [5.41, 5.74) is 4.54. The van der Waals surface area contributed by atoms with Gasteiger partial charge in [-0.2, -0.15) is 0 Å². The second-order valence-electron chi connectivity index (χ2n) is 6.70. The van der Waals surface area contributed by atoms with E-state index < -0.39 is 6.10 Å². The summed E-state index contributed by atoms with van der Waals surface area (Å²) in [7, 11) is 0. The number of carbonyl (C=O) groups excluding carboxylic acids is 1. The van der Waals surface area contributed by atoms with Crippen LogP contribution in [-0.2, 0) is 24.2 Å². The van der Waals surface area contributed by atoms with Gasteiger partial charge in [-0.25, -0.2) is 0 Å². The number of benzene rings is 1. The Balaban J connectivity index is 1.41. The number of nitrogens with one attached hydrogen (secondary N) is 1. The monoisotopic (exact) mass is 339 g/mol. The first-order valence-corrected chi connectivity index (χ1v) is 8.75. The summed E-state index contributed by atoms with van der Waals surface area (Å²) in [5, 5.41) is 13.0. The molecule has 0 spiro atoms. The number of aliphatic hydroxyl groups excluding tert-OH is 1. The third-order valence-electron chi connectivity index (χ3n) is 4.55. The van der Waals surface area contributed by atoms with Crippen molar-refractivity contribution in [1.82, 2.24) is 15.2 Å². The van der Waals surface area contributed by atoms with Gasteiger partial charge in [0.15, 0.2) is 0 Å². The molecule has 0 radical (unpaired) electrons. The van der Waals surface area contributed by atoms with Crippen molar-refractivity contribution in [2.45, 2.75) is 32.4 Å². The van der Waals surface area contributed by atoms with Gasteiger partial charge in [0.1, 0.15) is 0 Å². The molecule has 5 nitrogen and oxygen atoms in total. The van der Waals surface area contributed by atoms with Crippen LogP contribution in [0.4, 0.5) is 0 Å². The number of aliphatic hydroxyl groups is 1. The predicted octanol–water partition coefficient (Wildman–Crippen LogP) is 1.47. The van der Waals surface area contributed by atoms with Crippen LogP contribution in [0.2, 0.25) is 0 Å². The van der Waals surface area contributed by atoms with Gasteiger partial charge in [-0.3, -0.25) is 14.7 Å². The van der Waals surface area contributed by atoms with E-state index in [0.717, 1.165) is 30.8 Å². The number of rotatable bonds is 6. The topological polar surface area (TPSA) is 65.5 Å². The van der Waals surface area contributed by atoms with Crippen molar-refractivity contribution in [3.05, 3.63) is 65.0 Å². The average molecular weight is 339 g/mol. The van der Waals surface area contributed by atoms with Crippen molar-refractivity contribution in [1.29, 1.82) is 0 Å². The van der Waals surface area contributed by atoms with Crippen LogP contribution >= 0.6 is 0 Å². The number of carbonyl (C=O) groups is 1. The zero-order chi connectivity index (χ0) is 17.6. The fourth-order valence-corrected chi connectivity index (χ4v) is 3.16. The van der Waals surface area contributed by atoms with Gasteiger partial charge in [0.25, 0.3) is 0 Å². The standard InChI is InChI=1S/C20H25N3O2/c1-15-6-7-16(11-21-15)10-20(25)22-12-19(24)14-23-9-8-17-4-2-3-5-18(17)13-23/h2-7,11,19,24H,8-10,12-14H2,1H3,(H,22,25). The highest BCUT2D eigenvalue weighted by Gasteiger charge is 2.18. The molecule has 1 atom stereocenters. The molecule has 5 heteroatoms. The van der Waals surface area contributed by atoms with Crippen LogP contribution < -0.4 is 5.32 Å². The van der Waals surface area contributed by atoms with E-state index in [9.17, 15) is 9.90 Å². The quantitative estimate of drug-likeness (QED) is 0.836. The third kappa shape index (κ3) is 5.11. The molecular weight excluding hydrogens is 314 g/mol. The summed E-state index contributed by atoms with van der Waals surface area (Å²) >= 11 is 0. The van der Waals surface area contributed by atoms with E-state index >= 15 is 0 Å². The molecule has 1 aromatic carbocycles. The molecule has 2 heterocycles. The minimum atomic E-state index is -0.564. The molecule has 1 aliphatic rings. The number of aryl methyl sites for hydroxylation is 1. The molecule has 1 amide bonds. The molecule has 2 N–H and O–H groups in total. The molecular formula is C20H25N3O2. The summed E-state index contributed by atoms with van der Waals surface area (Å²) in [6.07, 6.45) is 2.45. The van der Waals surface area contributed by atoms with E-state index in [1.807, 2.05) is 19.1 Å². The highest BCUT2D eigenvalue weighted by molar-refractivity contribution is 5.78. The smallest absolute Gasteiger partial charge is 0.224 e. The number of pyridine rings is 1. The number of nitrogens with zero attached hydrogens (tertiary/aromatic N) is 2. The van der Waals surface area contributed by atoms with Gasteiger partial charge >= 0.3 is 0 Å². The van der Waals surface area contributed by atoms with E-state index in [4.69, 9.17) is 0 Å². The van der Waals surface area contributed by atoms with Crippen LogP contribution in [0.1, 0.15) is 22.4 Å². The number of hydrogen-bond acceptors (Lipinski definition) is 4. The first kappa shape index (κ1) is 17.6. The van der Waals surface area contributed by atoms with Gasteiger partial charge in [0.2, 0.25) is 5.91 Å². The normalized spacial score (nSPS) is 15.4. The van der Waals surface area contributed by atoms with Crippen molar-refractivity contribution < 1.29 is 9.90 Å². The fraction of sp³-hybridized carbons (Fsp3) is 0.400. The molecule has 0 saturated carbocycles. The third-order valence-corrected chi connectivity index (χ3v) is 4.55. The average Bonchev–Trinajstić information content (AvgIpc) is 2.62. The van der Waals surface area contributed by atoms with Gasteiger partial charge in [-0.05, 0) is 36.1 Å². The van der Waals surface area contributed by atoms with E-state index in [2.05, 4.69) is 39.5 Å². The number of amides is 1. The minimum Gasteiger partial charge on any atom is -0.390 e. The van der Waals surface area contributed by atoms with Crippen molar-refractivity contribution in [3.63, 3.8) is 0 Å². The Morgan fingerprint density at radius 3 is 2.84 bits per heavy atom. The summed E-state index contributed by atoms with van der Waals surface area (Å²) in [6, 6.07) is 12.2. The van der Waals surface area contributed by atoms with Gasteiger partial charge in [-0.1, -0.05) is 30.3 Å². The summed E-state index contributed by atoms with van der Waals surface area (Å²) in [4.78, 5) is 18.4. The first-order valence-electron chi connectivity index (χ1n) is 8.75. The highest BCUT2D eigenvalue weighted by atomic mass is 16.3. The second-order valence-corrected chi connectivity index (χ2v) is 6.70. The molecule has 0 saturated heterocycles. The molecule has 1 unspecified atom stereocenters. The van der Waals surface area contributed by atoms with E-state index in [1.54, 1.807) is 6.20 Å². The number of fused-ring (bicyclic) bond motifs is 1. The number of β-amino-alcohol motifs (C(OH)–C–C–N with tert-alkyl or cyclic N) is 1. The maximum atomic E-state index is 12.0. The van der Waals surface area contributed by atoms with E-state index in [1.165, 1.54) is 11.1 Å². The summed E-state index contributed by atoms with van der Waals surface area (Å²) in [5.74, 6) is -0.0892. The Hall–Kier alpha value is -2.24. The van der Waals surface area contributed by atoms with Crippen molar-refractivity contribution in [2.24, 2.45) is 0 Å². The highest BCUT2D eigenvalue weighted by Crippen LogP contribution is 2.18. The lowest BCUT2D eigenvalue weighted by Gasteiger charge is -2.30. The van der Waals surface area contributed by atoms with Gasteiger partial charge in [-0.15, -0.1) is 0 Å². The van der Waals surface area contributed by atoms with Crippen LogP contribution in [0.15, 0.2) is 42.6 Å². The van der Waals surface area contributed by atoms with Gasteiger partial charge < -0.3 is 10.4 Å². The molecule has 1 aliphatic heterocycles. The fourth-order valence-electron chi connectivity index (χ4n) is 3.16. The largest absolute Gasteiger partial charge is 0.390 e. The number of aromatic nitrogens is 1. The lowest BCUT2D eigenvalue weighted by Crippen LogP contribution is -2.42. The van der Waals surface area contributed by atoms with Crippen molar-refractivity contribution in [2.75, 3.05) is 19.6 Å². The van der Waals surface area contributed by atoms with Gasteiger partial charge in [0.05, 0.1) is 12.5 Å². The Morgan fingerprint density at radius 1 is 1.28 bits per heavy atom. The van der Waals surface area contributed by atoms with Crippen LogP contribution in [0.25, 0.3) is 0 Å². The molecule has 132 valence electrons. The molecule has 2 aromatic rings. The molecule has 1 aromatic heterocycles. The summed E-state index contributed by atoms with van der Waals surface area (Å²) in [6.45, 7) is 4.56.